The predicted octanol–water partition coefficient (Wildman–Crippen LogP) is 1.59. The molecule has 0 spiro atoms. The molecule has 1 saturated heterocycles. The minimum absolute atomic E-state index is 0.0604. The van der Waals surface area contributed by atoms with Gasteiger partial charge in [0.15, 0.2) is 0 Å². The Morgan fingerprint density at radius 3 is 2.44 bits per heavy atom. The molecule has 1 fully saturated rings. The number of carbonyl (C=O) groups is 1. The van der Waals surface area contributed by atoms with Crippen LogP contribution in [-0.2, 0) is 4.79 Å². The molecule has 4 atom stereocenters. The van der Waals surface area contributed by atoms with Crippen LogP contribution in [-0.4, -0.2) is 28.1 Å². The van der Waals surface area contributed by atoms with Crippen molar-refractivity contribution in [2.24, 2.45) is 5.92 Å². The van der Waals surface area contributed by atoms with Crippen molar-refractivity contribution in [3.8, 4) is 12.3 Å². The van der Waals surface area contributed by atoms with Crippen molar-refractivity contribution < 1.29 is 9.90 Å². The summed E-state index contributed by atoms with van der Waals surface area (Å²) in [6.07, 6.45) is 4.78. The van der Waals surface area contributed by atoms with Crippen LogP contribution >= 0.6 is 0 Å². The first-order valence-electron chi connectivity index (χ1n) is 6.09. The fourth-order valence-electron chi connectivity index (χ4n) is 2.51. The summed E-state index contributed by atoms with van der Waals surface area (Å²) in [4.78, 5) is 13.7. The van der Waals surface area contributed by atoms with Crippen LogP contribution in [0.25, 0.3) is 0 Å². The van der Waals surface area contributed by atoms with Gasteiger partial charge >= 0.3 is 0 Å². The van der Waals surface area contributed by atoms with E-state index in [1.54, 1.807) is 11.8 Å². The van der Waals surface area contributed by atoms with Gasteiger partial charge in [0.2, 0.25) is 5.91 Å². The van der Waals surface area contributed by atoms with Gasteiger partial charge in [-0.2, -0.15) is 0 Å². The van der Waals surface area contributed by atoms with Crippen molar-refractivity contribution in [1.82, 2.24) is 4.90 Å². The number of aliphatic hydroxyl groups excluding tert-OH is 1. The average Bonchev–Trinajstić information content (AvgIpc) is 2.36. The monoisotopic (exact) mass is 243 g/mol. The third-order valence-corrected chi connectivity index (χ3v) is 3.57. The number of rotatable bonds is 3. The van der Waals surface area contributed by atoms with E-state index in [-0.39, 0.29) is 18.0 Å². The van der Waals surface area contributed by atoms with Crippen molar-refractivity contribution in [3.05, 3.63) is 35.9 Å². The van der Waals surface area contributed by atoms with Crippen LogP contribution in [0.4, 0.5) is 0 Å². The maximum Gasteiger partial charge on any atom is 0.232 e. The molecule has 1 amide bonds. The molecule has 18 heavy (non-hydrogen) atoms. The van der Waals surface area contributed by atoms with Gasteiger partial charge in [0, 0.05) is 0 Å². The van der Waals surface area contributed by atoms with Crippen LogP contribution in [0.5, 0.6) is 0 Å². The van der Waals surface area contributed by atoms with Crippen LogP contribution in [0.3, 0.4) is 0 Å². The molecule has 1 aromatic carbocycles. The van der Waals surface area contributed by atoms with E-state index in [1.165, 1.54) is 0 Å². The summed E-state index contributed by atoms with van der Waals surface area (Å²) < 4.78 is 0. The average molecular weight is 243 g/mol. The number of nitrogens with zero attached hydrogens (tertiary/aromatic N) is 1. The molecule has 0 radical (unpaired) electrons. The van der Waals surface area contributed by atoms with E-state index in [2.05, 4.69) is 5.92 Å². The number of aliphatic hydroxyl groups is 1. The lowest BCUT2D eigenvalue weighted by Crippen LogP contribution is -2.64. The van der Waals surface area contributed by atoms with E-state index in [0.717, 1.165) is 5.56 Å². The number of terminal acetylenes is 1. The Kier molecular flexibility index (Phi) is 3.40. The summed E-state index contributed by atoms with van der Waals surface area (Å²) >= 11 is 0. The van der Waals surface area contributed by atoms with Gasteiger partial charge < -0.3 is 10.0 Å². The first kappa shape index (κ1) is 12.7. The summed E-state index contributed by atoms with van der Waals surface area (Å²) in [6, 6.07) is 9.39. The molecular weight excluding hydrogens is 226 g/mol. The number of likely N-dealkylation sites (tertiary alicyclic amines) is 1. The van der Waals surface area contributed by atoms with Crippen molar-refractivity contribution in [3.63, 3.8) is 0 Å². The molecule has 1 aliphatic rings. The van der Waals surface area contributed by atoms with E-state index in [4.69, 9.17) is 6.42 Å². The molecular formula is C15H17NO2. The van der Waals surface area contributed by atoms with Crippen molar-refractivity contribution >= 4 is 5.91 Å². The van der Waals surface area contributed by atoms with Crippen LogP contribution in [0.15, 0.2) is 30.3 Å². The van der Waals surface area contributed by atoms with E-state index in [1.807, 2.05) is 37.3 Å². The zero-order valence-electron chi connectivity index (χ0n) is 10.6. The fourth-order valence-corrected chi connectivity index (χ4v) is 2.51. The standard InChI is InChI=1S/C15H17NO2/c1-4-13-14(11(3)17)15(18)16(13)10(2)12-8-6-5-7-9-12/h1,5-11,13-14,17H,2-3H3/t10-,11+,13-,14+/m1/s1. The Labute approximate surface area is 107 Å². The topological polar surface area (TPSA) is 40.5 Å². The summed E-state index contributed by atoms with van der Waals surface area (Å²) in [5.74, 6) is 2.09. The van der Waals surface area contributed by atoms with E-state index in [0.29, 0.717) is 0 Å². The van der Waals surface area contributed by atoms with Crippen LogP contribution in [0, 0.1) is 18.3 Å². The second kappa shape index (κ2) is 4.83. The largest absolute Gasteiger partial charge is 0.392 e. The van der Waals surface area contributed by atoms with E-state index in [9.17, 15) is 9.90 Å². The minimum Gasteiger partial charge on any atom is -0.392 e. The smallest absolute Gasteiger partial charge is 0.232 e. The number of benzene rings is 1. The quantitative estimate of drug-likeness (QED) is 0.647. The second-order valence-corrected chi connectivity index (χ2v) is 4.71. The van der Waals surface area contributed by atoms with Gasteiger partial charge in [-0.05, 0) is 19.4 Å². The minimum atomic E-state index is -0.697. The molecule has 2 rings (SSSR count). The lowest BCUT2D eigenvalue weighted by molar-refractivity contribution is -0.163. The molecule has 1 aromatic rings. The molecule has 0 saturated carbocycles. The molecule has 3 heteroatoms. The number of amides is 1. The summed E-state index contributed by atoms with van der Waals surface area (Å²) in [5.41, 5.74) is 1.05. The normalized spacial score (nSPS) is 26.1. The molecule has 94 valence electrons. The van der Waals surface area contributed by atoms with Gasteiger partial charge in [0.1, 0.15) is 6.04 Å². The lowest BCUT2D eigenvalue weighted by atomic mass is 9.81. The Bertz CT molecular complexity index is 475. The maximum absolute atomic E-state index is 12.1. The van der Waals surface area contributed by atoms with Crippen LogP contribution in [0.2, 0.25) is 0 Å². The Morgan fingerprint density at radius 2 is 1.94 bits per heavy atom. The number of hydrogen-bond acceptors (Lipinski definition) is 2. The SMILES string of the molecule is C#C[C@@H]1[C@H]([C@H](C)O)C(=O)N1[C@H](C)c1ccccc1. The lowest BCUT2D eigenvalue weighted by Gasteiger charge is -2.49. The van der Waals surface area contributed by atoms with Gasteiger partial charge in [-0.25, -0.2) is 0 Å². The Morgan fingerprint density at radius 1 is 1.33 bits per heavy atom. The number of hydrogen-bond donors (Lipinski definition) is 1. The highest BCUT2D eigenvalue weighted by Crippen LogP contribution is 2.36. The summed E-state index contributed by atoms with van der Waals surface area (Å²) in [6.45, 7) is 3.56. The van der Waals surface area contributed by atoms with Crippen LogP contribution in [0.1, 0.15) is 25.5 Å². The van der Waals surface area contributed by atoms with E-state index < -0.39 is 12.0 Å². The zero-order valence-corrected chi connectivity index (χ0v) is 10.6. The molecule has 0 bridgehead atoms. The van der Waals surface area contributed by atoms with Crippen molar-refractivity contribution in [1.29, 1.82) is 0 Å². The predicted molar refractivity (Wildman–Crippen MR) is 69.5 cm³/mol. The number of carbonyl (C=O) groups excluding carboxylic acids is 1. The van der Waals surface area contributed by atoms with Crippen LogP contribution < -0.4 is 0 Å². The maximum atomic E-state index is 12.1. The molecule has 0 aliphatic carbocycles. The second-order valence-electron chi connectivity index (χ2n) is 4.71. The highest BCUT2D eigenvalue weighted by atomic mass is 16.3. The highest BCUT2D eigenvalue weighted by molar-refractivity contribution is 5.88. The first-order valence-corrected chi connectivity index (χ1v) is 6.09. The summed E-state index contributed by atoms with van der Waals surface area (Å²) in [5, 5.41) is 9.57. The van der Waals surface area contributed by atoms with Crippen molar-refractivity contribution in [2.45, 2.75) is 32.0 Å². The van der Waals surface area contributed by atoms with Gasteiger partial charge in [-0.1, -0.05) is 36.3 Å². The third kappa shape index (κ3) is 1.89. The van der Waals surface area contributed by atoms with Gasteiger partial charge in [-0.3, -0.25) is 4.79 Å². The Hall–Kier alpha value is -1.79. The summed E-state index contributed by atoms with van der Waals surface area (Å²) in [7, 11) is 0. The number of β-lactam (4-membered cyclic amide) rings is 1. The van der Waals surface area contributed by atoms with E-state index >= 15 is 0 Å². The van der Waals surface area contributed by atoms with Gasteiger partial charge in [0.25, 0.3) is 0 Å². The van der Waals surface area contributed by atoms with Crippen molar-refractivity contribution in [2.75, 3.05) is 0 Å². The first-order chi connectivity index (χ1) is 8.57. The van der Waals surface area contributed by atoms with Gasteiger partial charge in [-0.15, -0.1) is 6.42 Å². The molecule has 3 nitrogen and oxygen atoms in total. The third-order valence-electron chi connectivity index (χ3n) is 3.57. The zero-order chi connectivity index (χ0) is 13.3. The van der Waals surface area contributed by atoms with Gasteiger partial charge in [0.05, 0.1) is 18.1 Å². The molecule has 1 heterocycles. The fraction of sp³-hybridized carbons (Fsp3) is 0.400. The molecule has 0 aromatic heterocycles. The Balaban J connectivity index is 2.21. The highest BCUT2D eigenvalue weighted by Gasteiger charge is 2.50. The molecule has 1 N–H and O–H groups in total. The molecule has 1 aliphatic heterocycles. The molecule has 0 unspecified atom stereocenters.